The van der Waals surface area contributed by atoms with Gasteiger partial charge in [0.25, 0.3) is 0 Å². The van der Waals surface area contributed by atoms with Gasteiger partial charge in [-0.15, -0.1) is 0 Å². The lowest BCUT2D eigenvalue weighted by Gasteiger charge is -2.47. The Hall–Kier alpha value is -2.18. The zero-order valence-electron chi connectivity index (χ0n) is 25.7. The molecule has 0 heterocycles. The maximum atomic E-state index is 13.9. The van der Waals surface area contributed by atoms with Crippen LogP contribution in [-0.4, -0.2) is 107 Å². The fraction of sp³-hybridized carbons (Fsp3) is 1.00. The molecule has 0 aliphatic heterocycles. The van der Waals surface area contributed by atoms with Gasteiger partial charge in [-0.1, -0.05) is 0 Å². The maximum Gasteiger partial charge on any atom is 0.438 e. The zero-order valence-corrected chi connectivity index (χ0v) is 26.6. The van der Waals surface area contributed by atoms with Gasteiger partial charge in [0.05, 0.1) is 20.5 Å². The van der Waals surface area contributed by atoms with Crippen LogP contribution in [0.4, 0.5) is 136 Å². The zero-order chi connectivity index (χ0) is 45.7. The summed E-state index contributed by atoms with van der Waals surface area (Å²) in [5.41, 5.74) is -9.41. The third-order valence-corrected chi connectivity index (χ3v) is 7.00. The predicted octanol–water partition coefficient (Wildman–Crippen LogP) is 8.79. The van der Waals surface area contributed by atoms with Crippen LogP contribution in [0.2, 0.25) is 0 Å². The average Bonchev–Trinajstić information content (AvgIpc) is 2.92. The molecule has 0 amide bonds. The molecule has 0 saturated heterocycles. The van der Waals surface area contributed by atoms with Crippen molar-refractivity contribution in [3.05, 3.63) is 0 Å². The molecular weight excluding hydrogens is 944 g/mol. The molecule has 0 fully saturated rings. The molecule has 0 saturated carbocycles. The van der Waals surface area contributed by atoms with Crippen LogP contribution in [-0.2, 0) is 9.09 Å². The molecule has 39 heteroatoms. The van der Waals surface area contributed by atoms with E-state index in [-0.39, 0.29) is 12.3 Å². The van der Waals surface area contributed by atoms with Gasteiger partial charge < -0.3 is 36.3 Å². The largest absolute Gasteiger partial charge is 0.790 e. The molecular formula is C18H14F31N2O5P. The summed E-state index contributed by atoms with van der Waals surface area (Å²) in [7, 11) is -6.48. The summed E-state index contributed by atoms with van der Waals surface area (Å²) in [4.78, 5) is 20.3. The van der Waals surface area contributed by atoms with Gasteiger partial charge in [0.1, 0.15) is 0 Å². The number of hydrogen-bond donors (Lipinski definition) is 3. The van der Waals surface area contributed by atoms with Crippen molar-refractivity contribution < 1.29 is 160 Å². The standard InChI is InChI=1S/C18H8F31O5P.2H3N/c19-4(20,1-3(50)2-54-55(51,52)53)6(22,23)8(26,27)10(30,31)12(34,35)14(38,39)16(42,43)15(40,41)13(36,37)11(32,33)9(28,29)7(24,25)5(21,17(44,45)46)18(47,48)49;;/h3,50H,1-2H2,(H2,51,52,53);2*1H3. The lowest BCUT2D eigenvalue weighted by molar-refractivity contribution is -0.491. The van der Waals surface area contributed by atoms with Crippen molar-refractivity contribution in [3.63, 3.8) is 0 Å². The van der Waals surface area contributed by atoms with Gasteiger partial charge in [-0.05, 0) is 0 Å². The highest BCUT2D eigenvalue weighted by atomic mass is 31.2. The molecule has 0 bridgehead atoms. The SMILES string of the molecule is O=P([O-])([O-])OCC(O)CC(F)(F)C(F)(F)C(F)(F)C(F)(F)C(F)(F)C(F)(F)C(F)(F)C(F)(F)C(F)(F)C(F)(F)C(F)(F)C(F)(F)C(F)(C(F)(F)F)C(F)(F)F.[NH4+].[NH4+]. The van der Waals surface area contributed by atoms with Crippen molar-refractivity contribution in [2.45, 2.75) is 102 Å². The first-order chi connectivity index (χ1) is 23.1. The monoisotopic (exact) mass is 958 g/mol. The van der Waals surface area contributed by atoms with E-state index in [1.807, 2.05) is 0 Å². The Bertz CT molecular complexity index is 1420. The van der Waals surface area contributed by atoms with Crippen molar-refractivity contribution in [1.82, 2.24) is 12.3 Å². The van der Waals surface area contributed by atoms with Gasteiger partial charge >= 0.3 is 89.1 Å². The number of phosphoric ester groups is 1. The van der Waals surface area contributed by atoms with Crippen LogP contribution in [0.3, 0.4) is 0 Å². The Balaban J connectivity index is -0.0000146. The van der Waals surface area contributed by atoms with E-state index >= 15 is 0 Å². The van der Waals surface area contributed by atoms with Crippen molar-refractivity contribution in [3.8, 4) is 0 Å². The summed E-state index contributed by atoms with van der Waals surface area (Å²) < 4.78 is 433. The molecule has 0 rings (SSSR count). The maximum absolute atomic E-state index is 13.9. The van der Waals surface area contributed by atoms with Crippen LogP contribution in [0.25, 0.3) is 0 Å². The third-order valence-electron chi connectivity index (χ3n) is 6.53. The Morgan fingerprint density at radius 3 is 0.789 bits per heavy atom. The van der Waals surface area contributed by atoms with Gasteiger partial charge in [0, 0.05) is 6.42 Å². The van der Waals surface area contributed by atoms with Crippen molar-refractivity contribution in [2.75, 3.05) is 6.61 Å². The number of phosphoric acid groups is 1. The lowest BCUT2D eigenvalue weighted by atomic mass is 9.81. The van der Waals surface area contributed by atoms with Gasteiger partial charge in [0.2, 0.25) is 0 Å². The van der Waals surface area contributed by atoms with Crippen LogP contribution in [0.5, 0.6) is 0 Å². The molecule has 0 aromatic rings. The molecule has 0 aromatic heterocycles. The quantitative estimate of drug-likeness (QED) is 0.0978. The summed E-state index contributed by atoms with van der Waals surface area (Å²) in [5, 5.41) is 8.85. The Morgan fingerprint density at radius 1 is 0.404 bits per heavy atom. The second-order valence-electron chi connectivity index (χ2n) is 10.3. The number of hydrogen-bond acceptors (Lipinski definition) is 5. The first-order valence-corrected chi connectivity index (χ1v) is 13.3. The number of quaternary nitrogens is 2. The molecule has 7 nitrogen and oxygen atoms in total. The van der Waals surface area contributed by atoms with E-state index in [4.69, 9.17) is 5.11 Å². The van der Waals surface area contributed by atoms with E-state index in [2.05, 4.69) is 4.52 Å². The van der Waals surface area contributed by atoms with Crippen LogP contribution >= 0.6 is 7.82 Å². The highest BCUT2D eigenvalue weighted by Crippen LogP contribution is 2.70. The highest BCUT2D eigenvalue weighted by molar-refractivity contribution is 7.43. The number of aliphatic hydroxyl groups excluding tert-OH is 1. The smallest absolute Gasteiger partial charge is 0.438 e. The van der Waals surface area contributed by atoms with Crippen LogP contribution in [0.15, 0.2) is 0 Å². The van der Waals surface area contributed by atoms with Crippen LogP contribution in [0, 0.1) is 0 Å². The number of rotatable bonds is 17. The molecule has 0 aliphatic carbocycles. The van der Waals surface area contributed by atoms with Crippen molar-refractivity contribution >= 4 is 7.82 Å². The molecule has 9 N–H and O–H groups in total. The van der Waals surface area contributed by atoms with Crippen LogP contribution in [0.1, 0.15) is 6.42 Å². The first-order valence-electron chi connectivity index (χ1n) is 11.8. The van der Waals surface area contributed by atoms with E-state index in [0.717, 1.165) is 0 Å². The highest BCUT2D eigenvalue weighted by Gasteiger charge is 3.02. The minimum absolute atomic E-state index is 0. The van der Waals surface area contributed by atoms with Gasteiger partial charge in [-0.2, -0.15) is 132 Å². The van der Waals surface area contributed by atoms with Crippen molar-refractivity contribution in [2.24, 2.45) is 0 Å². The minimum Gasteiger partial charge on any atom is -0.790 e. The summed E-state index contributed by atoms with van der Waals surface area (Å²) in [6.45, 7) is -2.59. The topological polar surface area (TPSA) is 166 Å². The van der Waals surface area contributed by atoms with Crippen molar-refractivity contribution in [1.29, 1.82) is 0 Å². The minimum atomic E-state index is -10.2. The second kappa shape index (κ2) is 15.1. The van der Waals surface area contributed by atoms with Gasteiger partial charge in [-0.25, -0.2) is 4.39 Å². The molecule has 1 unspecified atom stereocenters. The van der Waals surface area contributed by atoms with Gasteiger partial charge in [-0.3, -0.25) is 0 Å². The van der Waals surface area contributed by atoms with E-state index in [0.29, 0.717) is 0 Å². The predicted molar refractivity (Wildman–Crippen MR) is 111 cm³/mol. The molecule has 0 aliphatic rings. The Morgan fingerprint density at radius 2 is 0.596 bits per heavy atom. The van der Waals surface area contributed by atoms with E-state index in [1.165, 1.54) is 0 Å². The second-order valence-corrected chi connectivity index (χ2v) is 11.4. The molecule has 57 heavy (non-hydrogen) atoms. The van der Waals surface area contributed by atoms with E-state index in [9.17, 15) is 150 Å². The number of halogens is 31. The van der Waals surface area contributed by atoms with E-state index in [1.54, 1.807) is 0 Å². The molecule has 1 atom stereocenters. The molecule has 348 valence electrons. The van der Waals surface area contributed by atoms with E-state index < -0.39 is 116 Å². The third kappa shape index (κ3) is 7.95. The van der Waals surface area contributed by atoms with Gasteiger partial charge in [0.15, 0.2) is 0 Å². The fourth-order valence-corrected chi connectivity index (χ4v) is 3.75. The normalized spacial score (nSPS) is 16.9. The first kappa shape index (κ1) is 59.1. The average molecular weight is 958 g/mol. The molecule has 0 aromatic carbocycles. The summed E-state index contributed by atoms with van der Waals surface area (Å²) in [6.07, 6.45) is -25.4. The summed E-state index contributed by atoms with van der Waals surface area (Å²) in [6, 6.07) is 0. The Kier molecular flexibility index (Phi) is 15.6. The fourth-order valence-electron chi connectivity index (χ4n) is 3.40. The summed E-state index contributed by atoms with van der Waals surface area (Å²) in [5.74, 6) is -116. The lowest BCUT2D eigenvalue weighted by Crippen LogP contribution is -2.80. The van der Waals surface area contributed by atoms with Crippen LogP contribution < -0.4 is 22.1 Å². The number of alkyl halides is 31. The molecule has 0 radical (unpaired) electrons. The molecule has 0 spiro atoms. The number of aliphatic hydroxyl groups is 1. The Labute approximate surface area is 289 Å². The summed E-state index contributed by atoms with van der Waals surface area (Å²) >= 11 is 0.